The molecule has 0 rings (SSSR count). The smallest absolute Gasteiger partial charge is 0.192 e. The molecule has 0 aromatic rings. The van der Waals surface area contributed by atoms with Crippen molar-refractivity contribution in [1.29, 1.82) is 0 Å². The van der Waals surface area contributed by atoms with Crippen molar-refractivity contribution in [3.8, 4) is 0 Å². The zero-order valence-electron chi connectivity index (χ0n) is 21.0. The summed E-state index contributed by atoms with van der Waals surface area (Å²) in [5.74, 6) is 0.160. The molecule has 29 heavy (non-hydrogen) atoms. The minimum absolute atomic E-state index is 0.0360. The van der Waals surface area contributed by atoms with Gasteiger partial charge >= 0.3 is 0 Å². The molecule has 3 atom stereocenters. The highest BCUT2D eigenvalue weighted by atomic mass is 28.4. The molecule has 0 spiro atoms. The van der Waals surface area contributed by atoms with E-state index < -0.39 is 22.7 Å². The third-order valence-electron chi connectivity index (χ3n) is 6.47. The van der Waals surface area contributed by atoms with Gasteiger partial charge in [-0.15, -0.1) is 6.58 Å². The second-order valence-corrected chi connectivity index (χ2v) is 20.7. The van der Waals surface area contributed by atoms with Crippen molar-refractivity contribution in [2.24, 2.45) is 5.92 Å². The molecule has 0 bridgehead atoms. The third-order valence-corrected chi connectivity index (χ3v) is 15.4. The summed E-state index contributed by atoms with van der Waals surface area (Å²) >= 11 is 0. The van der Waals surface area contributed by atoms with Crippen molar-refractivity contribution in [1.82, 2.24) is 0 Å². The van der Waals surface area contributed by atoms with E-state index >= 15 is 0 Å². The van der Waals surface area contributed by atoms with Gasteiger partial charge < -0.3 is 14.0 Å². The average molecular weight is 441 g/mol. The van der Waals surface area contributed by atoms with E-state index in [9.17, 15) is 5.11 Å². The average Bonchev–Trinajstić information content (AvgIpc) is 2.53. The molecule has 0 aliphatic heterocycles. The van der Waals surface area contributed by atoms with Crippen LogP contribution in [0.1, 0.15) is 54.9 Å². The van der Waals surface area contributed by atoms with Crippen LogP contribution in [-0.2, 0) is 8.85 Å². The monoisotopic (exact) mass is 440 g/mol. The lowest BCUT2D eigenvalue weighted by Crippen LogP contribution is -2.45. The van der Waals surface area contributed by atoms with Crippen molar-refractivity contribution >= 4 is 16.6 Å². The first kappa shape index (κ1) is 28.5. The minimum Gasteiger partial charge on any atom is -0.413 e. The molecule has 1 N–H and O–H groups in total. The van der Waals surface area contributed by atoms with Gasteiger partial charge in [-0.2, -0.15) is 0 Å². The Kier molecular flexibility index (Phi) is 11.1. The Balaban J connectivity index is 5.35. The summed E-state index contributed by atoms with van der Waals surface area (Å²) in [5, 5.41) is 10.3. The van der Waals surface area contributed by atoms with Crippen LogP contribution < -0.4 is 0 Å². The highest BCUT2D eigenvalue weighted by Gasteiger charge is 2.39. The van der Waals surface area contributed by atoms with Gasteiger partial charge in [-0.25, -0.2) is 0 Å². The maximum atomic E-state index is 10.00. The Morgan fingerprint density at radius 3 is 1.86 bits per heavy atom. The molecule has 0 saturated heterocycles. The van der Waals surface area contributed by atoms with Crippen LogP contribution in [-0.4, -0.2) is 40.6 Å². The standard InChI is InChI=1S/C24H48O3Si2/c1-13-15-21(25)18-17-20(2)22(27-29(11,12)24(6,7)8)16-14-19-26-28(9,10)23(3,4)5/h13-14,16-18,20-22,25H,1,15,19H2,2-12H3/b16-14+,18-17?/t20-,21+,22+/m0/s1. The lowest BCUT2D eigenvalue weighted by molar-refractivity contribution is 0.186. The first-order valence-corrected chi connectivity index (χ1v) is 16.7. The Labute approximate surface area is 183 Å². The molecule has 3 nitrogen and oxygen atoms in total. The van der Waals surface area contributed by atoms with Crippen LogP contribution in [0.2, 0.25) is 36.3 Å². The lowest BCUT2D eigenvalue weighted by atomic mass is 10.0. The van der Waals surface area contributed by atoms with Gasteiger partial charge in [-0.1, -0.05) is 78.8 Å². The molecule has 0 aliphatic carbocycles. The topological polar surface area (TPSA) is 38.7 Å². The normalized spacial score (nSPS) is 17.7. The van der Waals surface area contributed by atoms with Gasteiger partial charge in [0.05, 0.1) is 18.8 Å². The predicted octanol–water partition coefficient (Wildman–Crippen LogP) is 7.08. The Bertz CT molecular complexity index is 551. The van der Waals surface area contributed by atoms with Gasteiger partial charge in [0.2, 0.25) is 0 Å². The van der Waals surface area contributed by atoms with E-state index in [2.05, 4.69) is 99.5 Å². The highest BCUT2D eigenvalue weighted by molar-refractivity contribution is 6.74. The molecule has 0 heterocycles. The van der Waals surface area contributed by atoms with Crippen molar-refractivity contribution < 1.29 is 14.0 Å². The van der Waals surface area contributed by atoms with Crippen LogP contribution in [0.15, 0.2) is 37.0 Å². The molecule has 0 saturated carbocycles. The van der Waals surface area contributed by atoms with Crippen molar-refractivity contribution in [2.75, 3.05) is 6.61 Å². The highest BCUT2D eigenvalue weighted by Crippen LogP contribution is 2.39. The molecule has 0 aliphatic rings. The van der Waals surface area contributed by atoms with Crippen molar-refractivity contribution in [2.45, 2.75) is 103 Å². The third kappa shape index (κ3) is 9.92. The maximum absolute atomic E-state index is 10.00. The van der Waals surface area contributed by atoms with Gasteiger partial charge in [-0.3, -0.25) is 0 Å². The van der Waals surface area contributed by atoms with Crippen LogP contribution >= 0.6 is 0 Å². The van der Waals surface area contributed by atoms with Gasteiger partial charge in [0.25, 0.3) is 0 Å². The minimum atomic E-state index is -1.92. The Morgan fingerprint density at radius 2 is 1.41 bits per heavy atom. The first-order valence-electron chi connectivity index (χ1n) is 10.9. The van der Waals surface area contributed by atoms with E-state index in [-0.39, 0.29) is 22.1 Å². The number of hydrogen-bond donors (Lipinski definition) is 1. The quantitative estimate of drug-likeness (QED) is 0.275. The van der Waals surface area contributed by atoms with E-state index in [1.165, 1.54) is 0 Å². The number of hydrogen-bond acceptors (Lipinski definition) is 3. The van der Waals surface area contributed by atoms with Crippen molar-refractivity contribution in [3.05, 3.63) is 37.0 Å². The summed E-state index contributed by atoms with van der Waals surface area (Å²) in [6, 6.07) is 0. The summed E-state index contributed by atoms with van der Waals surface area (Å²) in [6.45, 7) is 29.1. The fourth-order valence-corrected chi connectivity index (χ4v) is 4.44. The first-order chi connectivity index (χ1) is 12.9. The number of rotatable bonds is 11. The second-order valence-electron chi connectivity index (χ2n) is 11.2. The van der Waals surface area contributed by atoms with Gasteiger partial charge in [0.15, 0.2) is 16.6 Å². The summed E-state index contributed by atoms with van der Waals surface area (Å²) in [6.07, 6.45) is 9.96. The van der Waals surface area contributed by atoms with Gasteiger partial charge in [0.1, 0.15) is 0 Å². The van der Waals surface area contributed by atoms with Gasteiger partial charge in [-0.05, 0) is 42.7 Å². The van der Waals surface area contributed by atoms with Crippen LogP contribution in [0.3, 0.4) is 0 Å². The zero-order chi connectivity index (χ0) is 23.1. The second kappa shape index (κ2) is 11.2. The number of aliphatic hydroxyl groups excluding tert-OH is 1. The van der Waals surface area contributed by atoms with Crippen LogP contribution in [0.4, 0.5) is 0 Å². The maximum Gasteiger partial charge on any atom is 0.192 e. The fraction of sp³-hybridized carbons (Fsp3) is 0.750. The summed E-state index contributed by atoms with van der Waals surface area (Å²) < 4.78 is 13.0. The summed E-state index contributed by atoms with van der Waals surface area (Å²) in [4.78, 5) is 0. The van der Waals surface area contributed by atoms with Crippen LogP contribution in [0.25, 0.3) is 0 Å². The van der Waals surface area contributed by atoms with E-state index in [0.29, 0.717) is 13.0 Å². The Hall–Kier alpha value is -0.466. The largest absolute Gasteiger partial charge is 0.413 e. The van der Waals surface area contributed by atoms with Crippen LogP contribution in [0, 0.1) is 5.92 Å². The molecule has 170 valence electrons. The fourth-order valence-electron chi connectivity index (χ4n) is 2.16. The zero-order valence-corrected chi connectivity index (χ0v) is 23.0. The summed E-state index contributed by atoms with van der Waals surface area (Å²) in [7, 11) is -3.68. The SMILES string of the molecule is C=CC[C@@H](O)C=C[C@H](C)[C@@H](/C=C/CO[Si](C)(C)C(C)(C)C)O[Si](C)(C)C(C)(C)C. The van der Waals surface area contributed by atoms with E-state index in [1.807, 2.05) is 6.08 Å². The molecule has 0 amide bonds. The van der Waals surface area contributed by atoms with Gasteiger partial charge in [0, 0.05) is 5.92 Å². The molecule has 0 radical (unpaired) electrons. The van der Waals surface area contributed by atoms with E-state index in [0.717, 1.165) is 0 Å². The Morgan fingerprint density at radius 1 is 0.897 bits per heavy atom. The number of aliphatic hydroxyl groups is 1. The predicted molar refractivity (Wildman–Crippen MR) is 133 cm³/mol. The molecular formula is C24H48O3Si2. The molecule has 0 fully saturated rings. The van der Waals surface area contributed by atoms with E-state index in [1.54, 1.807) is 6.08 Å². The van der Waals surface area contributed by atoms with Crippen molar-refractivity contribution in [3.63, 3.8) is 0 Å². The van der Waals surface area contributed by atoms with Crippen LogP contribution in [0.5, 0.6) is 0 Å². The molecule has 0 unspecified atom stereocenters. The van der Waals surface area contributed by atoms with E-state index in [4.69, 9.17) is 8.85 Å². The molecule has 5 heteroatoms. The molecule has 0 aromatic heterocycles. The molecule has 0 aromatic carbocycles. The summed E-state index contributed by atoms with van der Waals surface area (Å²) in [5.41, 5.74) is 0. The lowest BCUT2D eigenvalue weighted by Gasteiger charge is -2.40. The molecular weight excluding hydrogens is 392 g/mol.